The van der Waals surface area contributed by atoms with Gasteiger partial charge in [-0.05, 0) is 30.7 Å². The Morgan fingerprint density at radius 2 is 2.13 bits per heavy atom. The van der Waals surface area contributed by atoms with Crippen LogP contribution >= 0.6 is 23.2 Å². The second-order valence-electron chi connectivity index (χ2n) is 3.79. The van der Waals surface area contributed by atoms with Crippen LogP contribution < -0.4 is 4.90 Å². The van der Waals surface area contributed by atoms with Crippen molar-refractivity contribution in [2.75, 3.05) is 11.4 Å². The van der Waals surface area contributed by atoms with Crippen molar-refractivity contribution in [3.05, 3.63) is 28.8 Å². The van der Waals surface area contributed by atoms with Gasteiger partial charge in [0.15, 0.2) is 0 Å². The number of rotatable bonds is 1. The first-order chi connectivity index (χ1) is 7.06. The summed E-state index contributed by atoms with van der Waals surface area (Å²) in [5.74, 6) is 0.0664. The minimum absolute atomic E-state index is 0.0664. The maximum atomic E-state index is 11.6. The molecule has 1 unspecified atom stereocenters. The third-order valence-corrected chi connectivity index (χ3v) is 2.93. The van der Waals surface area contributed by atoms with Gasteiger partial charge in [-0.3, -0.25) is 4.79 Å². The summed E-state index contributed by atoms with van der Waals surface area (Å²) in [5, 5.41) is 0.563. The molecule has 0 saturated carbocycles. The van der Waals surface area contributed by atoms with Gasteiger partial charge in [-0.1, -0.05) is 11.6 Å². The van der Waals surface area contributed by atoms with E-state index in [9.17, 15) is 4.79 Å². The summed E-state index contributed by atoms with van der Waals surface area (Å²) in [4.78, 5) is 13.3. The molecule has 1 atom stereocenters. The van der Waals surface area contributed by atoms with Gasteiger partial charge in [0.2, 0.25) is 5.91 Å². The Kier molecular flexibility index (Phi) is 2.89. The van der Waals surface area contributed by atoms with Gasteiger partial charge in [-0.2, -0.15) is 0 Å². The molecule has 1 heterocycles. The third-order valence-electron chi connectivity index (χ3n) is 2.42. The predicted octanol–water partition coefficient (Wildman–Crippen LogP) is 2.99. The van der Waals surface area contributed by atoms with E-state index >= 15 is 0 Å². The second-order valence-corrected chi connectivity index (χ2v) is 4.85. The zero-order valence-corrected chi connectivity index (χ0v) is 9.85. The van der Waals surface area contributed by atoms with E-state index in [4.69, 9.17) is 23.2 Å². The maximum Gasteiger partial charge on any atom is 0.228 e. The molecular formula is C11H11Cl2NO. The molecule has 1 saturated heterocycles. The minimum Gasteiger partial charge on any atom is -0.311 e. The average Bonchev–Trinajstić information content (AvgIpc) is 2.43. The maximum absolute atomic E-state index is 11.6. The molecule has 0 aliphatic carbocycles. The minimum atomic E-state index is -0.0863. The number of aryl methyl sites for hydroxylation is 1. The van der Waals surface area contributed by atoms with Crippen molar-refractivity contribution in [1.29, 1.82) is 0 Å². The molecule has 0 bridgehead atoms. The fourth-order valence-electron chi connectivity index (χ4n) is 1.79. The summed E-state index contributed by atoms with van der Waals surface area (Å²) in [5.41, 5.74) is 1.89. The Morgan fingerprint density at radius 1 is 1.40 bits per heavy atom. The molecule has 0 radical (unpaired) electrons. The summed E-state index contributed by atoms with van der Waals surface area (Å²) in [6.07, 6.45) is 0.410. The number of carbonyl (C=O) groups is 1. The van der Waals surface area contributed by atoms with Crippen LogP contribution in [0.15, 0.2) is 18.2 Å². The molecular weight excluding hydrogens is 233 g/mol. The third kappa shape index (κ3) is 2.27. The van der Waals surface area contributed by atoms with Crippen LogP contribution in [0, 0.1) is 6.92 Å². The van der Waals surface area contributed by atoms with Gasteiger partial charge in [0.25, 0.3) is 0 Å². The van der Waals surface area contributed by atoms with E-state index in [0.717, 1.165) is 11.3 Å². The van der Waals surface area contributed by atoms with E-state index in [0.29, 0.717) is 18.0 Å². The zero-order chi connectivity index (χ0) is 11.0. The molecule has 1 amide bonds. The normalized spacial score (nSPS) is 21.1. The van der Waals surface area contributed by atoms with E-state index in [-0.39, 0.29) is 11.3 Å². The van der Waals surface area contributed by atoms with Gasteiger partial charge >= 0.3 is 0 Å². The van der Waals surface area contributed by atoms with Gasteiger partial charge in [-0.15, -0.1) is 11.6 Å². The second kappa shape index (κ2) is 4.03. The number of hydrogen-bond donors (Lipinski definition) is 0. The van der Waals surface area contributed by atoms with Crippen LogP contribution in [-0.2, 0) is 4.79 Å². The highest BCUT2D eigenvalue weighted by Crippen LogP contribution is 2.27. The van der Waals surface area contributed by atoms with E-state index in [1.165, 1.54) is 0 Å². The highest BCUT2D eigenvalue weighted by atomic mass is 35.5. The number of nitrogens with zero attached hydrogens (tertiary/aromatic N) is 1. The summed E-state index contributed by atoms with van der Waals surface area (Å²) in [7, 11) is 0. The molecule has 1 aromatic carbocycles. The van der Waals surface area contributed by atoms with Crippen molar-refractivity contribution in [2.45, 2.75) is 18.7 Å². The lowest BCUT2D eigenvalue weighted by molar-refractivity contribution is -0.117. The number of benzene rings is 1. The van der Waals surface area contributed by atoms with Gasteiger partial charge in [0, 0.05) is 23.7 Å². The fraction of sp³-hybridized carbons (Fsp3) is 0.364. The Morgan fingerprint density at radius 3 is 2.67 bits per heavy atom. The number of halogens is 2. The predicted molar refractivity (Wildman–Crippen MR) is 62.8 cm³/mol. The number of anilines is 1. The van der Waals surface area contributed by atoms with Crippen molar-refractivity contribution in [3.8, 4) is 0 Å². The molecule has 1 aliphatic heterocycles. The van der Waals surface area contributed by atoms with Crippen LogP contribution in [0.3, 0.4) is 0 Å². The first-order valence-electron chi connectivity index (χ1n) is 4.78. The van der Waals surface area contributed by atoms with Crippen molar-refractivity contribution >= 4 is 34.8 Å². The lowest BCUT2D eigenvalue weighted by atomic mass is 10.2. The Bertz CT molecular complexity index is 385. The summed E-state index contributed by atoms with van der Waals surface area (Å²) in [6.45, 7) is 2.52. The molecule has 2 rings (SSSR count). The molecule has 1 fully saturated rings. The monoisotopic (exact) mass is 243 g/mol. The van der Waals surface area contributed by atoms with Gasteiger partial charge in [0.05, 0.1) is 5.38 Å². The molecule has 0 aromatic heterocycles. The van der Waals surface area contributed by atoms with E-state index < -0.39 is 0 Å². The molecule has 0 spiro atoms. The fourth-order valence-corrected chi connectivity index (χ4v) is 2.34. The van der Waals surface area contributed by atoms with E-state index in [1.807, 2.05) is 19.1 Å². The van der Waals surface area contributed by atoms with Crippen molar-refractivity contribution < 1.29 is 4.79 Å². The highest BCUT2D eigenvalue weighted by Gasteiger charge is 2.29. The van der Waals surface area contributed by atoms with Crippen LogP contribution in [0.5, 0.6) is 0 Å². The lowest BCUT2D eigenvalue weighted by Gasteiger charge is -2.16. The Hall–Kier alpha value is -0.730. The quantitative estimate of drug-likeness (QED) is 0.695. The number of alkyl halides is 1. The van der Waals surface area contributed by atoms with Crippen molar-refractivity contribution in [1.82, 2.24) is 0 Å². The topological polar surface area (TPSA) is 20.3 Å². The number of amides is 1. The van der Waals surface area contributed by atoms with Crippen LogP contribution in [-0.4, -0.2) is 17.8 Å². The molecule has 1 aliphatic rings. The molecule has 1 aromatic rings. The van der Waals surface area contributed by atoms with Crippen molar-refractivity contribution in [3.63, 3.8) is 0 Å². The van der Waals surface area contributed by atoms with E-state index in [2.05, 4.69) is 0 Å². The summed E-state index contributed by atoms with van der Waals surface area (Å²) in [6, 6.07) is 5.60. The first-order valence-corrected chi connectivity index (χ1v) is 5.59. The highest BCUT2D eigenvalue weighted by molar-refractivity contribution is 6.31. The molecule has 15 heavy (non-hydrogen) atoms. The summed E-state index contributed by atoms with van der Waals surface area (Å²) >= 11 is 11.9. The molecule has 4 heteroatoms. The smallest absolute Gasteiger partial charge is 0.228 e. The lowest BCUT2D eigenvalue weighted by Crippen LogP contribution is -2.24. The van der Waals surface area contributed by atoms with Crippen LogP contribution in [0.4, 0.5) is 5.69 Å². The van der Waals surface area contributed by atoms with Gasteiger partial charge in [-0.25, -0.2) is 0 Å². The molecule has 0 N–H and O–H groups in total. The average molecular weight is 244 g/mol. The zero-order valence-electron chi connectivity index (χ0n) is 8.34. The number of hydrogen-bond acceptors (Lipinski definition) is 1. The van der Waals surface area contributed by atoms with Crippen LogP contribution in [0.25, 0.3) is 0 Å². The molecule has 80 valence electrons. The van der Waals surface area contributed by atoms with Crippen LogP contribution in [0.1, 0.15) is 12.0 Å². The van der Waals surface area contributed by atoms with Crippen LogP contribution in [0.2, 0.25) is 5.02 Å². The standard InChI is InChI=1S/C11H11Cl2NO/c1-7-2-8(12)4-10(3-7)14-6-9(13)5-11(14)15/h2-4,9H,5-6H2,1H3. The van der Waals surface area contributed by atoms with Gasteiger partial charge < -0.3 is 4.90 Å². The summed E-state index contributed by atoms with van der Waals surface area (Å²) < 4.78 is 0. The SMILES string of the molecule is Cc1cc(Cl)cc(N2CC(Cl)CC2=O)c1. The first kappa shape index (κ1) is 10.8. The largest absolute Gasteiger partial charge is 0.311 e. The Labute approximate surface area is 98.8 Å². The number of carbonyl (C=O) groups excluding carboxylic acids is 1. The Balaban J connectivity index is 2.33. The van der Waals surface area contributed by atoms with Gasteiger partial charge in [0.1, 0.15) is 0 Å². The van der Waals surface area contributed by atoms with Crippen molar-refractivity contribution in [2.24, 2.45) is 0 Å². The van der Waals surface area contributed by atoms with E-state index in [1.54, 1.807) is 11.0 Å². The molecule has 2 nitrogen and oxygen atoms in total.